The fourth-order valence-corrected chi connectivity index (χ4v) is 4.38. The third kappa shape index (κ3) is 3.40. The van der Waals surface area contributed by atoms with Crippen LogP contribution in [0, 0.1) is 24.7 Å². The molecule has 2 aliphatic carbocycles. The highest BCUT2D eigenvalue weighted by Crippen LogP contribution is 2.49. The molecular weight excluding hydrogens is 304 g/mol. The number of carbonyl (C=O) groups excluding carboxylic acids is 2. The van der Waals surface area contributed by atoms with E-state index >= 15 is 0 Å². The van der Waals surface area contributed by atoms with Gasteiger partial charge in [-0.05, 0) is 68.6 Å². The van der Waals surface area contributed by atoms with Crippen LogP contribution in [0.3, 0.4) is 0 Å². The maximum absolute atomic E-state index is 12.2. The summed E-state index contributed by atoms with van der Waals surface area (Å²) in [7, 11) is 1.54. The SMILES string of the molecule is COc1ccc(C)cc1NC(=O)C(=O)NC(C)C1CC2CCC1C2. The molecule has 0 saturated heterocycles. The van der Waals surface area contributed by atoms with Gasteiger partial charge in [0, 0.05) is 6.04 Å². The average Bonchev–Trinajstić information content (AvgIpc) is 3.18. The summed E-state index contributed by atoms with van der Waals surface area (Å²) < 4.78 is 5.23. The molecule has 2 saturated carbocycles. The van der Waals surface area contributed by atoms with Crippen LogP contribution in [0.15, 0.2) is 18.2 Å². The summed E-state index contributed by atoms with van der Waals surface area (Å²) in [4.78, 5) is 24.5. The molecule has 4 atom stereocenters. The van der Waals surface area contributed by atoms with Gasteiger partial charge in [0.15, 0.2) is 0 Å². The Morgan fingerprint density at radius 1 is 1.21 bits per heavy atom. The largest absolute Gasteiger partial charge is 0.495 e. The van der Waals surface area contributed by atoms with Crippen molar-refractivity contribution in [1.29, 1.82) is 0 Å². The van der Waals surface area contributed by atoms with Gasteiger partial charge >= 0.3 is 11.8 Å². The van der Waals surface area contributed by atoms with Crippen LogP contribution in [0.1, 0.15) is 38.2 Å². The predicted molar refractivity (Wildman–Crippen MR) is 92.9 cm³/mol. The van der Waals surface area contributed by atoms with Gasteiger partial charge in [-0.1, -0.05) is 12.5 Å². The van der Waals surface area contributed by atoms with Gasteiger partial charge in [-0.3, -0.25) is 9.59 Å². The second kappa shape index (κ2) is 6.83. The first-order valence-corrected chi connectivity index (χ1v) is 8.74. The van der Waals surface area contributed by atoms with E-state index in [1.54, 1.807) is 12.1 Å². The topological polar surface area (TPSA) is 67.4 Å². The molecule has 2 N–H and O–H groups in total. The van der Waals surface area contributed by atoms with Crippen LogP contribution >= 0.6 is 0 Å². The van der Waals surface area contributed by atoms with Gasteiger partial charge in [0.1, 0.15) is 5.75 Å². The molecule has 130 valence electrons. The Bertz CT molecular complexity index is 643. The number of hydrogen-bond acceptors (Lipinski definition) is 3. The zero-order chi connectivity index (χ0) is 17.3. The monoisotopic (exact) mass is 330 g/mol. The van der Waals surface area contributed by atoms with Gasteiger partial charge in [0.25, 0.3) is 0 Å². The summed E-state index contributed by atoms with van der Waals surface area (Å²) >= 11 is 0. The minimum Gasteiger partial charge on any atom is -0.495 e. The van der Waals surface area contributed by atoms with E-state index in [1.807, 2.05) is 19.9 Å². The number of anilines is 1. The molecule has 0 radical (unpaired) electrons. The van der Waals surface area contributed by atoms with E-state index in [2.05, 4.69) is 10.6 Å². The molecule has 2 fully saturated rings. The molecule has 4 unspecified atom stereocenters. The Kier molecular flexibility index (Phi) is 4.78. The van der Waals surface area contributed by atoms with Gasteiger partial charge < -0.3 is 15.4 Å². The molecule has 2 bridgehead atoms. The first kappa shape index (κ1) is 16.8. The molecule has 0 aromatic heterocycles. The average molecular weight is 330 g/mol. The number of fused-ring (bicyclic) bond motifs is 2. The summed E-state index contributed by atoms with van der Waals surface area (Å²) in [5.41, 5.74) is 1.51. The Morgan fingerprint density at radius 2 is 2.00 bits per heavy atom. The summed E-state index contributed by atoms with van der Waals surface area (Å²) in [5, 5.41) is 5.54. The molecular formula is C19H26N2O3. The fourth-order valence-electron chi connectivity index (χ4n) is 4.38. The van der Waals surface area contributed by atoms with Gasteiger partial charge in [-0.15, -0.1) is 0 Å². The number of carbonyl (C=O) groups is 2. The molecule has 1 aromatic carbocycles. The van der Waals surface area contributed by atoms with Crippen LogP contribution in [-0.4, -0.2) is 25.0 Å². The number of benzene rings is 1. The standard InChI is InChI=1S/C19H26N2O3/c1-11-4-7-17(24-3)16(8-11)21-19(23)18(22)20-12(2)15-10-13-5-6-14(15)9-13/h4,7-8,12-15H,5-6,9-10H2,1-3H3,(H,20,22)(H,21,23). The van der Waals surface area contributed by atoms with E-state index in [-0.39, 0.29) is 6.04 Å². The Hall–Kier alpha value is -2.04. The smallest absolute Gasteiger partial charge is 0.313 e. The molecule has 24 heavy (non-hydrogen) atoms. The lowest BCUT2D eigenvalue weighted by atomic mass is 9.84. The van der Waals surface area contributed by atoms with Crippen LogP contribution < -0.4 is 15.4 Å². The second-order valence-electron chi connectivity index (χ2n) is 7.26. The van der Waals surface area contributed by atoms with Crippen molar-refractivity contribution in [3.05, 3.63) is 23.8 Å². The lowest BCUT2D eigenvalue weighted by Crippen LogP contribution is -2.45. The van der Waals surface area contributed by atoms with Crippen molar-refractivity contribution in [3.8, 4) is 5.75 Å². The lowest BCUT2D eigenvalue weighted by molar-refractivity contribution is -0.136. The van der Waals surface area contributed by atoms with Crippen molar-refractivity contribution in [2.45, 2.75) is 45.6 Å². The molecule has 0 spiro atoms. The van der Waals surface area contributed by atoms with E-state index < -0.39 is 11.8 Å². The maximum Gasteiger partial charge on any atom is 0.313 e. The fraction of sp³-hybridized carbons (Fsp3) is 0.579. The Morgan fingerprint density at radius 3 is 2.62 bits per heavy atom. The van der Waals surface area contributed by atoms with Crippen LogP contribution in [0.4, 0.5) is 5.69 Å². The molecule has 0 aliphatic heterocycles. The normalized spacial score (nSPS) is 26.0. The zero-order valence-corrected chi connectivity index (χ0v) is 14.6. The first-order chi connectivity index (χ1) is 11.5. The minimum absolute atomic E-state index is 0.0398. The van der Waals surface area contributed by atoms with Crippen molar-refractivity contribution in [1.82, 2.24) is 5.32 Å². The third-order valence-electron chi connectivity index (χ3n) is 5.60. The van der Waals surface area contributed by atoms with Crippen molar-refractivity contribution >= 4 is 17.5 Å². The summed E-state index contributed by atoms with van der Waals surface area (Å²) in [6.07, 6.45) is 5.06. The summed E-state index contributed by atoms with van der Waals surface area (Å²) in [5.74, 6) is 1.37. The number of hydrogen-bond donors (Lipinski definition) is 2. The molecule has 1 aromatic rings. The van der Waals surface area contributed by atoms with Gasteiger partial charge in [-0.25, -0.2) is 0 Å². The van der Waals surface area contributed by atoms with Crippen molar-refractivity contribution in [2.75, 3.05) is 12.4 Å². The maximum atomic E-state index is 12.2. The van der Waals surface area contributed by atoms with E-state index in [9.17, 15) is 9.59 Å². The predicted octanol–water partition coefficient (Wildman–Crippen LogP) is 2.88. The lowest BCUT2D eigenvalue weighted by Gasteiger charge is -2.28. The molecule has 5 heteroatoms. The van der Waals surface area contributed by atoms with Crippen LogP contribution in [-0.2, 0) is 9.59 Å². The van der Waals surface area contributed by atoms with Crippen LogP contribution in [0.25, 0.3) is 0 Å². The Labute approximate surface area is 143 Å². The number of aryl methyl sites for hydroxylation is 1. The van der Waals surface area contributed by atoms with E-state index in [0.717, 1.165) is 11.5 Å². The van der Waals surface area contributed by atoms with Crippen LogP contribution in [0.2, 0.25) is 0 Å². The zero-order valence-electron chi connectivity index (χ0n) is 14.6. The highest BCUT2D eigenvalue weighted by molar-refractivity contribution is 6.39. The summed E-state index contributed by atoms with van der Waals surface area (Å²) in [6.45, 7) is 3.94. The highest BCUT2D eigenvalue weighted by atomic mass is 16.5. The van der Waals surface area contributed by atoms with Gasteiger partial charge in [-0.2, -0.15) is 0 Å². The third-order valence-corrected chi connectivity index (χ3v) is 5.60. The van der Waals surface area contributed by atoms with Crippen molar-refractivity contribution in [3.63, 3.8) is 0 Å². The molecule has 0 heterocycles. The first-order valence-electron chi connectivity index (χ1n) is 8.74. The number of nitrogens with one attached hydrogen (secondary N) is 2. The number of methoxy groups -OCH3 is 1. The van der Waals surface area contributed by atoms with E-state index in [1.165, 1.54) is 32.8 Å². The molecule has 3 rings (SSSR count). The second-order valence-corrected chi connectivity index (χ2v) is 7.26. The highest BCUT2D eigenvalue weighted by Gasteiger charge is 2.42. The molecule has 2 aliphatic rings. The van der Waals surface area contributed by atoms with Crippen molar-refractivity contribution < 1.29 is 14.3 Å². The van der Waals surface area contributed by atoms with Gasteiger partial charge in [0.2, 0.25) is 0 Å². The van der Waals surface area contributed by atoms with E-state index in [0.29, 0.717) is 23.3 Å². The Balaban J connectivity index is 1.59. The number of ether oxygens (including phenoxy) is 1. The van der Waals surface area contributed by atoms with E-state index in [4.69, 9.17) is 4.74 Å². The van der Waals surface area contributed by atoms with Crippen LogP contribution in [0.5, 0.6) is 5.75 Å². The molecule has 5 nitrogen and oxygen atoms in total. The van der Waals surface area contributed by atoms with Gasteiger partial charge in [0.05, 0.1) is 12.8 Å². The van der Waals surface area contributed by atoms with Crippen molar-refractivity contribution in [2.24, 2.45) is 17.8 Å². The number of amides is 2. The number of rotatable bonds is 4. The molecule has 2 amide bonds. The quantitative estimate of drug-likeness (QED) is 0.834. The summed E-state index contributed by atoms with van der Waals surface area (Å²) in [6, 6.07) is 5.51. The minimum atomic E-state index is -0.645.